The van der Waals surface area contributed by atoms with Gasteiger partial charge in [0.05, 0.1) is 5.88 Å². The summed E-state index contributed by atoms with van der Waals surface area (Å²) in [7, 11) is 0. The molecule has 10 heavy (non-hydrogen) atoms. The van der Waals surface area contributed by atoms with Gasteiger partial charge in [0.15, 0.2) is 0 Å². The summed E-state index contributed by atoms with van der Waals surface area (Å²) in [6.07, 6.45) is 0. The highest BCUT2D eigenvalue weighted by atomic mass is 79.9. The van der Waals surface area contributed by atoms with Crippen molar-refractivity contribution in [2.75, 3.05) is 0 Å². The fourth-order valence-corrected chi connectivity index (χ4v) is 1.28. The van der Waals surface area contributed by atoms with Crippen LogP contribution in [-0.4, -0.2) is 5.11 Å². The van der Waals surface area contributed by atoms with Gasteiger partial charge in [0.2, 0.25) is 0 Å². The van der Waals surface area contributed by atoms with E-state index in [4.69, 9.17) is 16.7 Å². The highest BCUT2D eigenvalue weighted by Crippen LogP contribution is 2.22. The zero-order chi connectivity index (χ0) is 7.56. The number of alkyl halides is 1. The van der Waals surface area contributed by atoms with Crippen LogP contribution in [0.25, 0.3) is 0 Å². The Labute approximate surface area is 72.8 Å². The lowest BCUT2D eigenvalue weighted by atomic mass is 10.2. The summed E-state index contributed by atoms with van der Waals surface area (Å²) < 4.78 is 0.931. The molecule has 0 unspecified atom stereocenters. The largest absolute Gasteiger partial charge is 0.508 e. The monoisotopic (exact) mass is 220 g/mol. The molecular weight excluding hydrogens is 215 g/mol. The molecule has 0 amide bonds. The van der Waals surface area contributed by atoms with E-state index in [0.717, 1.165) is 10.0 Å². The van der Waals surface area contributed by atoms with Crippen molar-refractivity contribution in [1.29, 1.82) is 0 Å². The molecular formula is C7H6BrClO. The first kappa shape index (κ1) is 7.89. The molecule has 0 aromatic heterocycles. The third kappa shape index (κ3) is 1.64. The van der Waals surface area contributed by atoms with Gasteiger partial charge in [-0.15, -0.1) is 11.6 Å². The molecule has 3 heteroatoms. The lowest BCUT2D eigenvalue weighted by Gasteiger charge is -1.98. The van der Waals surface area contributed by atoms with Gasteiger partial charge in [0.1, 0.15) is 5.75 Å². The first-order valence-electron chi connectivity index (χ1n) is 2.77. The summed E-state index contributed by atoms with van der Waals surface area (Å²) >= 11 is 8.79. The number of aromatic hydroxyl groups is 1. The number of phenolic OH excluding ortho intramolecular Hbond substituents is 1. The molecule has 0 radical (unpaired) electrons. The SMILES string of the molecule is Oc1ccc(Br)cc1CCl. The molecule has 0 spiro atoms. The third-order valence-electron chi connectivity index (χ3n) is 1.19. The molecule has 1 aromatic rings. The molecule has 0 aliphatic rings. The summed E-state index contributed by atoms with van der Waals surface area (Å²) in [5, 5.41) is 9.13. The fourth-order valence-electron chi connectivity index (χ4n) is 0.661. The van der Waals surface area contributed by atoms with Crippen molar-refractivity contribution in [2.24, 2.45) is 0 Å². The van der Waals surface area contributed by atoms with Gasteiger partial charge in [0.25, 0.3) is 0 Å². The fraction of sp³-hybridized carbons (Fsp3) is 0.143. The Morgan fingerprint density at radius 3 is 2.70 bits per heavy atom. The minimum atomic E-state index is 0.248. The molecule has 1 aromatic carbocycles. The Bertz CT molecular complexity index is 237. The second-order valence-electron chi connectivity index (χ2n) is 1.91. The third-order valence-corrected chi connectivity index (χ3v) is 1.97. The molecule has 0 atom stereocenters. The highest BCUT2D eigenvalue weighted by Gasteiger charge is 1.98. The Hall–Kier alpha value is -0.210. The molecule has 0 saturated carbocycles. The molecule has 1 nitrogen and oxygen atoms in total. The van der Waals surface area contributed by atoms with Gasteiger partial charge in [-0.05, 0) is 18.2 Å². The number of hydrogen-bond acceptors (Lipinski definition) is 1. The van der Waals surface area contributed by atoms with Gasteiger partial charge in [-0.3, -0.25) is 0 Å². The van der Waals surface area contributed by atoms with Crippen LogP contribution in [0.2, 0.25) is 0 Å². The quantitative estimate of drug-likeness (QED) is 0.723. The van der Waals surface area contributed by atoms with Crippen LogP contribution in [-0.2, 0) is 5.88 Å². The van der Waals surface area contributed by atoms with Crippen LogP contribution >= 0.6 is 27.5 Å². The number of rotatable bonds is 1. The van der Waals surface area contributed by atoms with E-state index in [-0.39, 0.29) is 5.75 Å². The maximum atomic E-state index is 9.13. The molecule has 0 aliphatic heterocycles. The highest BCUT2D eigenvalue weighted by molar-refractivity contribution is 9.10. The van der Waals surface area contributed by atoms with Gasteiger partial charge < -0.3 is 5.11 Å². The average Bonchev–Trinajstić information content (AvgIpc) is 1.94. The second kappa shape index (κ2) is 3.26. The van der Waals surface area contributed by atoms with Gasteiger partial charge in [0, 0.05) is 10.0 Å². The van der Waals surface area contributed by atoms with Crippen LogP contribution < -0.4 is 0 Å². The Kier molecular flexibility index (Phi) is 2.57. The van der Waals surface area contributed by atoms with E-state index in [9.17, 15) is 0 Å². The van der Waals surface area contributed by atoms with E-state index in [2.05, 4.69) is 15.9 Å². The smallest absolute Gasteiger partial charge is 0.120 e. The molecule has 0 bridgehead atoms. The number of hydrogen-bond donors (Lipinski definition) is 1. The van der Waals surface area contributed by atoms with Crippen LogP contribution in [0.5, 0.6) is 5.75 Å². The number of halogens is 2. The van der Waals surface area contributed by atoms with Crippen molar-refractivity contribution in [3.63, 3.8) is 0 Å². The molecule has 0 heterocycles. The van der Waals surface area contributed by atoms with Crippen molar-refractivity contribution >= 4 is 27.5 Å². The van der Waals surface area contributed by atoms with Crippen molar-refractivity contribution in [2.45, 2.75) is 5.88 Å². The van der Waals surface area contributed by atoms with E-state index >= 15 is 0 Å². The molecule has 0 saturated heterocycles. The predicted octanol–water partition coefficient (Wildman–Crippen LogP) is 2.89. The van der Waals surface area contributed by atoms with Crippen LogP contribution in [0, 0.1) is 0 Å². The molecule has 0 aliphatic carbocycles. The normalized spacial score (nSPS) is 9.80. The lowest BCUT2D eigenvalue weighted by Crippen LogP contribution is -1.77. The zero-order valence-corrected chi connectivity index (χ0v) is 7.48. The molecule has 1 N–H and O–H groups in total. The van der Waals surface area contributed by atoms with E-state index in [1.165, 1.54) is 0 Å². The zero-order valence-electron chi connectivity index (χ0n) is 5.14. The van der Waals surface area contributed by atoms with Crippen LogP contribution in [0.15, 0.2) is 22.7 Å². The van der Waals surface area contributed by atoms with Gasteiger partial charge in [-0.2, -0.15) is 0 Å². The van der Waals surface area contributed by atoms with Crippen molar-refractivity contribution in [3.05, 3.63) is 28.2 Å². The lowest BCUT2D eigenvalue weighted by molar-refractivity contribution is 0.470. The summed E-state index contributed by atoms with van der Waals surface area (Å²) in [6.45, 7) is 0. The standard InChI is InChI=1S/C7H6BrClO/c8-6-1-2-7(10)5(3-6)4-9/h1-3,10H,4H2. The molecule has 1 rings (SSSR count). The minimum Gasteiger partial charge on any atom is -0.508 e. The number of benzene rings is 1. The Morgan fingerprint density at radius 1 is 1.50 bits per heavy atom. The summed E-state index contributed by atoms with van der Waals surface area (Å²) in [5.41, 5.74) is 0.746. The van der Waals surface area contributed by atoms with Gasteiger partial charge in [-0.25, -0.2) is 0 Å². The average molecular weight is 221 g/mol. The Balaban J connectivity index is 3.09. The molecule has 54 valence electrons. The molecule has 0 fully saturated rings. The first-order chi connectivity index (χ1) is 4.74. The van der Waals surface area contributed by atoms with Crippen LogP contribution in [0.4, 0.5) is 0 Å². The van der Waals surface area contributed by atoms with Gasteiger partial charge >= 0.3 is 0 Å². The second-order valence-corrected chi connectivity index (χ2v) is 3.09. The predicted molar refractivity (Wildman–Crippen MR) is 45.4 cm³/mol. The van der Waals surface area contributed by atoms with E-state index in [1.807, 2.05) is 0 Å². The minimum absolute atomic E-state index is 0.248. The first-order valence-corrected chi connectivity index (χ1v) is 4.10. The van der Waals surface area contributed by atoms with Crippen molar-refractivity contribution < 1.29 is 5.11 Å². The Morgan fingerprint density at radius 2 is 2.20 bits per heavy atom. The summed E-state index contributed by atoms with van der Waals surface area (Å²) in [5.74, 6) is 0.587. The van der Waals surface area contributed by atoms with E-state index in [0.29, 0.717) is 5.88 Å². The van der Waals surface area contributed by atoms with Crippen LogP contribution in [0.1, 0.15) is 5.56 Å². The maximum Gasteiger partial charge on any atom is 0.120 e. The van der Waals surface area contributed by atoms with Crippen LogP contribution in [0.3, 0.4) is 0 Å². The topological polar surface area (TPSA) is 20.2 Å². The van der Waals surface area contributed by atoms with E-state index < -0.39 is 0 Å². The maximum absolute atomic E-state index is 9.13. The number of phenols is 1. The van der Waals surface area contributed by atoms with Crippen molar-refractivity contribution in [3.8, 4) is 5.75 Å². The summed E-state index contributed by atoms with van der Waals surface area (Å²) in [6, 6.07) is 5.18. The van der Waals surface area contributed by atoms with Crippen molar-refractivity contribution in [1.82, 2.24) is 0 Å². The summed E-state index contributed by atoms with van der Waals surface area (Å²) in [4.78, 5) is 0. The van der Waals surface area contributed by atoms with E-state index in [1.54, 1.807) is 18.2 Å². The van der Waals surface area contributed by atoms with Gasteiger partial charge in [-0.1, -0.05) is 15.9 Å².